The predicted molar refractivity (Wildman–Crippen MR) is 95.1 cm³/mol. The van der Waals surface area contributed by atoms with E-state index in [-0.39, 0.29) is 24.3 Å². The Morgan fingerprint density at radius 1 is 1.19 bits per heavy atom. The second-order valence-corrected chi connectivity index (χ2v) is 6.77. The van der Waals surface area contributed by atoms with E-state index in [1.807, 2.05) is 0 Å². The number of anilines is 1. The molecule has 136 valence electrons. The largest absolute Gasteiger partial charge is 0.454 e. The smallest absolute Gasteiger partial charge is 0.324 e. The monoisotopic (exact) mass is 377 g/mol. The number of amides is 1. The summed E-state index contributed by atoms with van der Waals surface area (Å²) >= 11 is 1.14. The number of hydrogen-bond acceptors (Lipinski definition) is 6. The molecule has 26 heavy (non-hydrogen) atoms. The van der Waals surface area contributed by atoms with Gasteiger partial charge >= 0.3 is 5.97 Å². The van der Waals surface area contributed by atoms with Gasteiger partial charge in [-0.25, -0.2) is 4.39 Å². The minimum atomic E-state index is -0.542. The van der Waals surface area contributed by atoms with Gasteiger partial charge in [-0.05, 0) is 43.3 Å². The van der Waals surface area contributed by atoms with Gasteiger partial charge < -0.3 is 19.5 Å². The second-order valence-electron chi connectivity index (χ2n) is 5.44. The highest BCUT2D eigenvalue weighted by Crippen LogP contribution is 2.35. The number of benzene rings is 2. The average molecular weight is 377 g/mol. The molecule has 0 fully saturated rings. The van der Waals surface area contributed by atoms with Gasteiger partial charge in [0, 0.05) is 11.8 Å². The molecule has 0 aromatic heterocycles. The number of halogens is 1. The van der Waals surface area contributed by atoms with Crippen LogP contribution in [0.5, 0.6) is 17.2 Å². The van der Waals surface area contributed by atoms with E-state index >= 15 is 0 Å². The van der Waals surface area contributed by atoms with E-state index in [0.29, 0.717) is 22.9 Å². The van der Waals surface area contributed by atoms with Gasteiger partial charge in [0.25, 0.3) is 0 Å². The fourth-order valence-electron chi connectivity index (χ4n) is 2.14. The highest BCUT2D eigenvalue weighted by molar-refractivity contribution is 8.01. The van der Waals surface area contributed by atoms with Crippen molar-refractivity contribution in [1.82, 2.24) is 0 Å². The van der Waals surface area contributed by atoms with E-state index in [4.69, 9.17) is 14.2 Å². The minimum absolute atomic E-state index is 0.0643. The van der Waals surface area contributed by atoms with Gasteiger partial charge in [-0.3, -0.25) is 9.59 Å². The Balaban J connectivity index is 1.46. The number of fused-ring (bicyclic) bond motifs is 1. The molecule has 0 spiro atoms. The molecule has 3 rings (SSSR count). The summed E-state index contributed by atoms with van der Waals surface area (Å²) in [6, 6.07) is 10.3. The molecule has 8 heteroatoms. The SMILES string of the molecule is C[C@H](SCC(=O)Nc1ccc(F)cc1)C(=O)Oc1ccc2c(c1)OCO2. The summed E-state index contributed by atoms with van der Waals surface area (Å²) in [5, 5.41) is 2.09. The second kappa shape index (κ2) is 8.09. The summed E-state index contributed by atoms with van der Waals surface area (Å²) < 4.78 is 28.6. The maximum Gasteiger partial charge on any atom is 0.324 e. The zero-order chi connectivity index (χ0) is 18.5. The lowest BCUT2D eigenvalue weighted by atomic mass is 10.3. The Hall–Kier alpha value is -2.74. The first-order valence-corrected chi connectivity index (χ1v) is 8.84. The number of carbonyl (C=O) groups excluding carboxylic acids is 2. The van der Waals surface area contributed by atoms with Crippen LogP contribution >= 0.6 is 11.8 Å². The molecule has 1 aliphatic heterocycles. The highest BCUT2D eigenvalue weighted by atomic mass is 32.2. The number of nitrogens with one attached hydrogen (secondary N) is 1. The van der Waals surface area contributed by atoms with Crippen LogP contribution in [0, 0.1) is 5.82 Å². The highest BCUT2D eigenvalue weighted by Gasteiger charge is 2.20. The van der Waals surface area contributed by atoms with Crippen molar-refractivity contribution < 1.29 is 28.2 Å². The molecule has 0 unspecified atom stereocenters. The Morgan fingerprint density at radius 2 is 1.92 bits per heavy atom. The van der Waals surface area contributed by atoms with Crippen LogP contribution in [0.2, 0.25) is 0 Å². The number of thioether (sulfide) groups is 1. The van der Waals surface area contributed by atoms with Crippen molar-refractivity contribution in [2.75, 3.05) is 17.9 Å². The summed E-state index contributed by atoms with van der Waals surface area (Å²) in [5.41, 5.74) is 0.493. The van der Waals surface area contributed by atoms with E-state index < -0.39 is 11.2 Å². The van der Waals surface area contributed by atoms with Crippen molar-refractivity contribution in [2.45, 2.75) is 12.2 Å². The van der Waals surface area contributed by atoms with Gasteiger partial charge in [-0.2, -0.15) is 0 Å². The first kappa shape index (κ1) is 18.1. The maximum atomic E-state index is 12.8. The van der Waals surface area contributed by atoms with Crippen LogP contribution < -0.4 is 19.5 Å². The van der Waals surface area contributed by atoms with Crippen LogP contribution in [-0.4, -0.2) is 29.7 Å². The first-order valence-electron chi connectivity index (χ1n) is 7.79. The van der Waals surface area contributed by atoms with Crippen LogP contribution in [0.3, 0.4) is 0 Å². The average Bonchev–Trinajstić information content (AvgIpc) is 3.09. The number of ether oxygens (including phenoxy) is 3. The molecule has 1 heterocycles. The number of carbonyl (C=O) groups is 2. The van der Waals surface area contributed by atoms with Crippen molar-refractivity contribution in [3.63, 3.8) is 0 Å². The Morgan fingerprint density at radius 3 is 2.69 bits per heavy atom. The molecule has 1 amide bonds. The summed E-state index contributed by atoms with van der Waals surface area (Å²) in [6.45, 7) is 1.80. The maximum absolute atomic E-state index is 12.8. The van der Waals surface area contributed by atoms with Crippen molar-refractivity contribution >= 4 is 29.3 Å². The number of rotatable bonds is 6. The summed E-state index contributed by atoms with van der Waals surface area (Å²) in [5.74, 6) is 0.404. The zero-order valence-corrected chi connectivity index (χ0v) is 14.7. The lowest BCUT2D eigenvalue weighted by Gasteiger charge is -2.11. The van der Waals surface area contributed by atoms with Crippen LogP contribution in [0.4, 0.5) is 10.1 Å². The summed E-state index contributed by atoms with van der Waals surface area (Å²) in [7, 11) is 0. The fourth-order valence-corrected chi connectivity index (χ4v) is 2.80. The van der Waals surface area contributed by atoms with Crippen molar-refractivity contribution in [3.8, 4) is 17.2 Å². The van der Waals surface area contributed by atoms with Crippen molar-refractivity contribution in [3.05, 3.63) is 48.3 Å². The Bertz CT molecular complexity index is 812. The molecule has 1 aliphatic rings. The normalized spacial score (nSPS) is 13.2. The van der Waals surface area contributed by atoms with Crippen LogP contribution in [-0.2, 0) is 9.59 Å². The van der Waals surface area contributed by atoms with Gasteiger partial charge in [0.2, 0.25) is 12.7 Å². The predicted octanol–water partition coefficient (Wildman–Crippen LogP) is 3.22. The Labute approximate surface area is 153 Å². The lowest BCUT2D eigenvalue weighted by Crippen LogP contribution is -2.23. The number of esters is 1. The van der Waals surface area contributed by atoms with E-state index in [2.05, 4.69) is 5.32 Å². The molecule has 0 aliphatic carbocycles. The molecule has 0 radical (unpaired) electrons. The molecule has 0 saturated carbocycles. The van der Waals surface area contributed by atoms with Crippen LogP contribution in [0.1, 0.15) is 6.92 Å². The van der Waals surface area contributed by atoms with E-state index in [1.54, 1.807) is 25.1 Å². The third-order valence-corrected chi connectivity index (χ3v) is 4.61. The third-order valence-electron chi connectivity index (χ3n) is 3.49. The summed E-state index contributed by atoms with van der Waals surface area (Å²) in [6.07, 6.45) is 0. The van der Waals surface area contributed by atoms with Gasteiger partial charge in [-0.15, -0.1) is 11.8 Å². The van der Waals surface area contributed by atoms with E-state index in [0.717, 1.165) is 11.8 Å². The van der Waals surface area contributed by atoms with Crippen LogP contribution in [0.15, 0.2) is 42.5 Å². The quantitative estimate of drug-likeness (QED) is 0.616. The van der Waals surface area contributed by atoms with Gasteiger partial charge in [0.1, 0.15) is 16.8 Å². The molecule has 1 atom stereocenters. The minimum Gasteiger partial charge on any atom is -0.454 e. The van der Waals surface area contributed by atoms with Crippen LogP contribution in [0.25, 0.3) is 0 Å². The van der Waals surface area contributed by atoms with Gasteiger partial charge in [0.15, 0.2) is 11.5 Å². The lowest BCUT2D eigenvalue weighted by molar-refractivity contribution is -0.133. The Kier molecular flexibility index (Phi) is 5.62. The molecule has 2 aromatic carbocycles. The standard InChI is InChI=1S/C18H16FNO5S/c1-11(26-9-17(21)20-13-4-2-12(19)3-5-13)18(22)25-14-6-7-15-16(8-14)24-10-23-15/h2-8,11H,9-10H2,1H3,(H,20,21)/t11-/m0/s1. The molecular formula is C18H16FNO5S. The third kappa shape index (κ3) is 4.66. The van der Waals surface area contributed by atoms with Crippen molar-refractivity contribution in [2.24, 2.45) is 0 Å². The van der Waals surface area contributed by atoms with Crippen molar-refractivity contribution in [1.29, 1.82) is 0 Å². The first-order chi connectivity index (χ1) is 12.5. The van der Waals surface area contributed by atoms with Gasteiger partial charge in [-0.1, -0.05) is 0 Å². The molecule has 1 N–H and O–H groups in total. The molecule has 0 saturated heterocycles. The topological polar surface area (TPSA) is 73.9 Å². The summed E-state index contributed by atoms with van der Waals surface area (Å²) in [4.78, 5) is 24.0. The number of hydrogen-bond donors (Lipinski definition) is 1. The molecule has 0 bridgehead atoms. The van der Waals surface area contributed by atoms with E-state index in [9.17, 15) is 14.0 Å². The fraction of sp³-hybridized carbons (Fsp3) is 0.222. The molecule has 2 aromatic rings. The zero-order valence-electron chi connectivity index (χ0n) is 13.9. The van der Waals surface area contributed by atoms with Gasteiger partial charge in [0.05, 0.1) is 5.75 Å². The molecule has 6 nitrogen and oxygen atoms in total. The molecular weight excluding hydrogens is 361 g/mol. The van der Waals surface area contributed by atoms with E-state index in [1.165, 1.54) is 24.3 Å².